The number of carbonyl (C=O) groups excluding carboxylic acids is 2. The molecule has 1 aromatic heterocycles. The first-order valence-electron chi connectivity index (χ1n) is 8.11. The summed E-state index contributed by atoms with van der Waals surface area (Å²) in [4.78, 5) is 38.7. The molecule has 1 aromatic carbocycles. The molecule has 0 fully saturated rings. The Labute approximate surface area is 140 Å². The molecule has 1 aliphatic carbocycles. The van der Waals surface area contributed by atoms with Gasteiger partial charge in [0.05, 0.1) is 0 Å². The van der Waals surface area contributed by atoms with Gasteiger partial charge < -0.3 is 10.3 Å². The number of aryl methyl sites for hydroxylation is 1. The summed E-state index contributed by atoms with van der Waals surface area (Å²) in [5, 5.41) is 2.71. The van der Waals surface area contributed by atoms with Crippen LogP contribution < -0.4 is 10.9 Å². The molecule has 5 nitrogen and oxygen atoms in total. The van der Waals surface area contributed by atoms with Crippen LogP contribution in [0.2, 0.25) is 0 Å². The van der Waals surface area contributed by atoms with Gasteiger partial charge in [-0.2, -0.15) is 0 Å². The lowest BCUT2D eigenvalue weighted by atomic mass is 9.87. The van der Waals surface area contributed by atoms with Crippen molar-refractivity contribution in [3.05, 3.63) is 63.1 Å². The van der Waals surface area contributed by atoms with E-state index in [-0.39, 0.29) is 16.9 Å². The molecule has 124 valence electrons. The summed E-state index contributed by atoms with van der Waals surface area (Å²) in [6.45, 7) is 3.66. The van der Waals surface area contributed by atoms with Crippen LogP contribution in [0, 0.1) is 5.92 Å². The Hall–Kier alpha value is -2.69. The van der Waals surface area contributed by atoms with E-state index in [0.717, 1.165) is 30.5 Å². The third-order valence-electron chi connectivity index (χ3n) is 4.46. The number of carbonyl (C=O) groups is 2. The average Bonchev–Trinajstić information content (AvgIpc) is 2.55. The van der Waals surface area contributed by atoms with E-state index in [1.54, 1.807) is 30.3 Å². The van der Waals surface area contributed by atoms with Crippen molar-refractivity contribution in [2.75, 3.05) is 5.32 Å². The van der Waals surface area contributed by atoms with Gasteiger partial charge in [-0.3, -0.25) is 14.4 Å². The van der Waals surface area contributed by atoms with Crippen molar-refractivity contribution in [1.29, 1.82) is 0 Å². The molecule has 24 heavy (non-hydrogen) atoms. The highest BCUT2D eigenvalue weighted by molar-refractivity contribution is 6.04. The second-order valence-corrected chi connectivity index (χ2v) is 6.45. The molecule has 5 heteroatoms. The summed E-state index contributed by atoms with van der Waals surface area (Å²) in [7, 11) is 0. The number of amides is 1. The monoisotopic (exact) mass is 324 g/mol. The van der Waals surface area contributed by atoms with Crippen LogP contribution in [0.25, 0.3) is 0 Å². The molecule has 0 saturated heterocycles. The lowest BCUT2D eigenvalue weighted by molar-refractivity contribution is 0.101. The maximum absolute atomic E-state index is 12.4. The summed E-state index contributed by atoms with van der Waals surface area (Å²) >= 11 is 0. The van der Waals surface area contributed by atoms with Gasteiger partial charge in [-0.05, 0) is 68.0 Å². The molecule has 2 N–H and O–H groups in total. The summed E-state index contributed by atoms with van der Waals surface area (Å²) in [5.41, 5.74) is 2.88. The number of hydrogen-bond acceptors (Lipinski definition) is 3. The van der Waals surface area contributed by atoms with Crippen molar-refractivity contribution in [3.8, 4) is 0 Å². The van der Waals surface area contributed by atoms with E-state index in [4.69, 9.17) is 0 Å². The molecule has 0 spiro atoms. The van der Waals surface area contributed by atoms with Gasteiger partial charge in [0, 0.05) is 16.9 Å². The second kappa shape index (κ2) is 6.43. The molecule has 0 aliphatic heterocycles. The molecule has 2 aromatic rings. The van der Waals surface area contributed by atoms with E-state index >= 15 is 0 Å². The fraction of sp³-hybridized carbons (Fsp3) is 0.316. The molecule has 1 aliphatic rings. The molecule has 1 amide bonds. The first kappa shape index (κ1) is 16.2. The lowest BCUT2D eigenvalue weighted by Crippen LogP contribution is -2.27. The number of hydrogen-bond donors (Lipinski definition) is 2. The number of benzene rings is 1. The van der Waals surface area contributed by atoms with Crippen molar-refractivity contribution in [1.82, 2.24) is 4.98 Å². The number of H-pyrrole nitrogens is 1. The average molecular weight is 324 g/mol. The number of Topliss-reactive ketones (excluding diaryl/α,β-unsaturated/α-hetero) is 1. The van der Waals surface area contributed by atoms with Gasteiger partial charge >= 0.3 is 0 Å². The minimum atomic E-state index is -0.437. The van der Waals surface area contributed by atoms with E-state index in [2.05, 4.69) is 17.2 Å². The first-order valence-corrected chi connectivity index (χ1v) is 8.11. The van der Waals surface area contributed by atoms with Crippen LogP contribution in [-0.4, -0.2) is 16.7 Å². The van der Waals surface area contributed by atoms with Gasteiger partial charge in [0.2, 0.25) is 0 Å². The highest BCUT2D eigenvalue weighted by Crippen LogP contribution is 2.23. The van der Waals surface area contributed by atoms with Gasteiger partial charge in [0.15, 0.2) is 5.78 Å². The van der Waals surface area contributed by atoms with Crippen molar-refractivity contribution in [2.24, 2.45) is 5.92 Å². The van der Waals surface area contributed by atoms with Crippen molar-refractivity contribution >= 4 is 17.4 Å². The summed E-state index contributed by atoms with van der Waals surface area (Å²) in [6, 6.07) is 8.32. The fourth-order valence-electron chi connectivity index (χ4n) is 3.04. The SMILES string of the molecule is CC(=O)c1ccc(NC(=O)c2cc3c([nH]c2=O)CCC(C)C3)cc1. The quantitative estimate of drug-likeness (QED) is 0.852. The van der Waals surface area contributed by atoms with Gasteiger partial charge in [0.1, 0.15) is 5.56 Å². The van der Waals surface area contributed by atoms with Gasteiger partial charge in [-0.15, -0.1) is 0 Å². The maximum atomic E-state index is 12.4. The normalized spacial score (nSPS) is 16.3. The standard InChI is InChI=1S/C19H20N2O3/c1-11-3-8-17-14(9-11)10-16(19(24)21-17)18(23)20-15-6-4-13(5-7-15)12(2)22/h4-7,10-11H,3,8-9H2,1-2H3,(H,20,23)(H,21,24). The highest BCUT2D eigenvalue weighted by atomic mass is 16.2. The first-order chi connectivity index (χ1) is 11.4. The zero-order valence-electron chi connectivity index (χ0n) is 13.8. The Morgan fingerprint density at radius 1 is 1.21 bits per heavy atom. The zero-order chi connectivity index (χ0) is 17.3. The van der Waals surface area contributed by atoms with Crippen LogP contribution in [0.1, 0.15) is 52.2 Å². The van der Waals surface area contributed by atoms with Gasteiger partial charge in [-0.1, -0.05) is 6.92 Å². The number of pyridine rings is 1. The maximum Gasteiger partial charge on any atom is 0.261 e. The summed E-state index contributed by atoms with van der Waals surface area (Å²) < 4.78 is 0. The van der Waals surface area contributed by atoms with Crippen LogP contribution in [0.4, 0.5) is 5.69 Å². The number of fused-ring (bicyclic) bond motifs is 1. The largest absolute Gasteiger partial charge is 0.325 e. The number of ketones is 1. The Morgan fingerprint density at radius 2 is 1.92 bits per heavy atom. The van der Waals surface area contributed by atoms with E-state index in [1.807, 2.05) is 0 Å². The fourth-order valence-corrected chi connectivity index (χ4v) is 3.04. The molecule has 1 unspecified atom stereocenters. The van der Waals surface area contributed by atoms with Crippen molar-refractivity contribution in [2.45, 2.75) is 33.1 Å². The van der Waals surface area contributed by atoms with Crippen LogP contribution >= 0.6 is 0 Å². The highest BCUT2D eigenvalue weighted by Gasteiger charge is 2.20. The van der Waals surface area contributed by atoms with Crippen LogP contribution in [0.5, 0.6) is 0 Å². The third kappa shape index (κ3) is 3.30. The third-order valence-corrected chi connectivity index (χ3v) is 4.46. The minimum Gasteiger partial charge on any atom is -0.325 e. The lowest BCUT2D eigenvalue weighted by Gasteiger charge is -2.21. The number of aromatic nitrogens is 1. The molecular formula is C19H20N2O3. The number of anilines is 1. The summed E-state index contributed by atoms with van der Waals surface area (Å²) in [5.74, 6) is 0.0828. The second-order valence-electron chi connectivity index (χ2n) is 6.45. The minimum absolute atomic E-state index is 0.0341. The Kier molecular flexibility index (Phi) is 4.34. The number of aromatic amines is 1. The molecule has 1 heterocycles. The van der Waals surface area contributed by atoms with Crippen LogP contribution in [0.3, 0.4) is 0 Å². The van der Waals surface area contributed by atoms with Crippen LogP contribution in [-0.2, 0) is 12.8 Å². The Bertz CT molecular complexity index is 850. The molecule has 3 rings (SSSR count). The van der Waals surface area contributed by atoms with E-state index in [9.17, 15) is 14.4 Å². The smallest absolute Gasteiger partial charge is 0.261 e. The van der Waals surface area contributed by atoms with Gasteiger partial charge in [-0.25, -0.2) is 0 Å². The molecule has 0 bridgehead atoms. The van der Waals surface area contributed by atoms with Crippen molar-refractivity contribution in [3.63, 3.8) is 0 Å². The van der Waals surface area contributed by atoms with E-state index in [0.29, 0.717) is 17.2 Å². The molecule has 1 atom stereocenters. The zero-order valence-corrected chi connectivity index (χ0v) is 13.8. The predicted octanol–water partition coefficient (Wildman–Crippen LogP) is 2.95. The Balaban J connectivity index is 1.83. The van der Waals surface area contributed by atoms with E-state index < -0.39 is 5.91 Å². The topological polar surface area (TPSA) is 79.0 Å². The number of nitrogens with one attached hydrogen (secondary N) is 2. The Morgan fingerprint density at radius 3 is 2.58 bits per heavy atom. The predicted molar refractivity (Wildman–Crippen MR) is 92.7 cm³/mol. The van der Waals surface area contributed by atoms with E-state index in [1.165, 1.54) is 6.92 Å². The van der Waals surface area contributed by atoms with Crippen LogP contribution in [0.15, 0.2) is 35.1 Å². The molecular weight excluding hydrogens is 304 g/mol. The van der Waals surface area contributed by atoms with Crippen molar-refractivity contribution < 1.29 is 9.59 Å². The summed E-state index contributed by atoms with van der Waals surface area (Å²) in [6.07, 6.45) is 2.77. The molecule has 0 saturated carbocycles. The molecule has 0 radical (unpaired) electrons. The number of rotatable bonds is 3. The van der Waals surface area contributed by atoms with Gasteiger partial charge in [0.25, 0.3) is 11.5 Å².